The van der Waals surface area contributed by atoms with Crippen LogP contribution in [-0.4, -0.2) is 43.6 Å². The third-order valence-corrected chi connectivity index (χ3v) is 7.89. The Morgan fingerprint density at radius 1 is 0.676 bits per heavy atom. The van der Waals surface area contributed by atoms with Crippen LogP contribution in [0.2, 0.25) is 0 Å². The van der Waals surface area contributed by atoms with Crippen molar-refractivity contribution < 1.29 is 29.9 Å². The maximum absolute atomic E-state index is 10.7. The highest BCUT2D eigenvalue weighted by atomic mass is 35.5. The molecule has 0 aromatic heterocycles. The van der Waals surface area contributed by atoms with Gasteiger partial charge in [0.2, 0.25) is 0 Å². The molecule has 0 spiro atoms. The molecule has 4 nitrogen and oxygen atoms in total. The number of halogens is 1. The summed E-state index contributed by atoms with van der Waals surface area (Å²) < 4.78 is 31.5. The van der Waals surface area contributed by atoms with E-state index in [9.17, 15) is 8.42 Å². The van der Waals surface area contributed by atoms with Crippen LogP contribution in [0.15, 0.2) is 59.5 Å². The lowest BCUT2D eigenvalue weighted by molar-refractivity contribution is -0.921. The molecule has 0 saturated heterocycles. The van der Waals surface area contributed by atoms with E-state index in [-0.39, 0.29) is 17.3 Å². The molecular weight excluding hydrogens is 466 g/mol. The van der Waals surface area contributed by atoms with Crippen LogP contribution in [0.1, 0.15) is 91.2 Å². The zero-order valence-corrected chi connectivity index (χ0v) is 24.2. The van der Waals surface area contributed by atoms with E-state index in [2.05, 4.69) is 85.7 Å². The van der Waals surface area contributed by atoms with Crippen molar-refractivity contribution in [3.63, 3.8) is 0 Å². The van der Waals surface area contributed by atoms with E-state index in [1.165, 1.54) is 54.8 Å². The van der Waals surface area contributed by atoms with Gasteiger partial charge in [-0.15, -0.1) is 0 Å². The van der Waals surface area contributed by atoms with Gasteiger partial charge in [-0.1, -0.05) is 70.2 Å². The van der Waals surface area contributed by atoms with Crippen LogP contribution < -0.4 is 12.4 Å². The number of nitrogens with zero attached hydrogens (tertiary/aromatic N) is 1. The van der Waals surface area contributed by atoms with Gasteiger partial charge in [0, 0.05) is 0 Å². The Labute approximate surface area is 216 Å². The molecule has 0 fully saturated rings. The maximum Gasteiger partial charge on any atom is 0.294 e. The third-order valence-electron chi connectivity index (χ3n) is 7.02. The summed E-state index contributed by atoms with van der Waals surface area (Å²) in [6.45, 7) is 22.8. The molecule has 2 unspecified atom stereocenters. The first kappa shape index (κ1) is 34.8. The molecule has 0 saturated carbocycles. The highest BCUT2D eigenvalue weighted by molar-refractivity contribution is 7.85. The molecule has 34 heavy (non-hydrogen) atoms. The Morgan fingerprint density at radius 3 is 1.29 bits per heavy atom. The zero-order chi connectivity index (χ0) is 25.5. The normalized spacial score (nSPS) is 12.7. The monoisotopic (exact) mass is 513 g/mol. The minimum Gasteiger partial charge on any atom is -1.00 e. The fourth-order valence-corrected chi connectivity index (χ4v) is 4.04. The molecule has 2 atom stereocenters. The van der Waals surface area contributed by atoms with Gasteiger partial charge in [-0.3, -0.25) is 4.55 Å². The molecular formula is C28H48ClNO3S. The highest BCUT2D eigenvalue weighted by Gasteiger charge is 2.16. The molecule has 0 bridgehead atoms. The van der Waals surface area contributed by atoms with Crippen LogP contribution in [0, 0.1) is 0 Å². The minimum absolute atomic E-state index is 0. The molecule has 196 valence electrons. The summed E-state index contributed by atoms with van der Waals surface area (Å²) >= 11 is 0. The lowest BCUT2D eigenvalue weighted by atomic mass is 9.99. The Morgan fingerprint density at radius 2 is 1.03 bits per heavy atom. The molecule has 0 heterocycles. The largest absolute Gasteiger partial charge is 1.00 e. The van der Waals surface area contributed by atoms with Gasteiger partial charge in [0.1, 0.15) is 0 Å². The fourth-order valence-electron chi connectivity index (χ4n) is 3.56. The molecule has 2 aromatic carbocycles. The summed E-state index contributed by atoms with van der Waals surface area (Å²) in [5, 5.41) is 0. The summed E-state index contributed by atoms with van der Waals surface area (Å²) in [7, 11) is -4.05. The summed E-state index contributed by atoms with van der Waals surface area (Å²) in [4.78, 5) is -0.0513. The van der Waals surface area contributed by atoms with Gasteiger partial charge in [-0.25, -0.2) is 0 Å². The number of quaternary nitrogens is 1. The zero-order valence-electron chi connectivity index (χ0n) is 22.6. The van der Waals surface area contributed by atoms with E-state index in [1.54, 1.807) is 12.1 Å². The molecule has 0 aliphatic carbocycles. The molecule has 2 rings (SSSR count). The second-order valence-corrected chi connectivity index (χ2v) is 10.1. The fraction of sp³-hybridized carbons (Fsp3) is 0.571. The van der Waals surface area contributed by atoms with Crippen molar-refractivity contribution in [2.24, 2.45) is 0 Å². The van der Waals surface area contributed by atoms with Crippen molar-refractivity contribution in [3.8, 4) is 0 Å². The Kier molecular flexibility index (Phi) is 18.4. The van der Waals surface area contributed by atoms with E-state index in [0.29, 0.717) is 11.8 Å². The Bertz CT molecular complexity index is 833. The van der Waals surface area contributed by atoms with Gasteiger partial charge < -0.3 is 16.9 Å². The van der Waals surface area contributed by atoms with E-state index in [1.807, 2.05) is 0 Å². The van der Waals surface area contributed by atoms with Crippen molar-refractivity contribution in [2.75, 3.05) is 26.2 Å². The summed E-state index contributed by atoms with van der Waals surface area (Å²) in [5.41, 5.74) is 2.53. The third kappa shape index (κ3) is 12.3. The summed E-state index contributed by atoms with van der Waals surface area (Å²) in [5.74, 6) is 1.12. The SMILES string of the molecule is CCC(C)c1ccc(S(=O)(=O)O)cc1.CCC(C)c1ccccc1.CC[N+](CC)(CC)CC.[Cl-]. The van der Waals surface area contributed by atoms with Gasteiger partial charge in [-0.05, 0) is 75.6 Å². The van der Waals surface area contributed by atoms with E-state index in [0.717, 1.165) is 12.0 Å². The van der Waals surface area contributed by atoms with Crippen LogP contribution in [0.4, 0.5) is 0 Å². The van der Waals surface area contributed by atoms with Gasteiger partial charge >= 0.3 is 0 Å². The minimum atomic E-state index is -4.05. The average Bonchev–Trinajstić information content (AvgIpc) is 2.85. The first-order valence-electron chi connectivity index (χ1n) is 12.5. The van der Waals surface area contributed by atoms with Gasteiger partial charge in [0.25, 0.3) is 10.1 Å². The quantitative estimate of drug-likeness (QED) is 0.396. The van der Waals surface area contributed by atoms with E-state index in [4.69, 9.17) is 4.55 Å². The number of hydrogen-bond donors (Lipinski definition) is 1. The van der Waals surface area contributed by atoms with Crippen molar-refractivity contribution >= 4 is 10.1 Å². The van der Waals surface area contributed by atoms with Crippen LogP contribution in [-0.2, 0) is 10.1 Å². The molecule has 0 aliphatic heterocycles. The number of rotatable bonds is 9. The van der Waals surface area contributed by atoms with Crippen molar-refractivity contribution in [1.82, 2.24) is 0 Å². The van der Waals surface area contributed by atoms with Crippen molar-refractivity contribution in [1.29, 1.82) is 0 Å². The van der Waals surface area contributed by atoms with Crippen molar-refractivity contribution in [2.45, 2.75) is 85.0 Å². The molecule has 2 aromatic rings. The Balaban J connectivity index is 0. The molecule has 6 heteroatoms. The average molecular weight is 514 g/mol. The van der Waals surface area contributed by atoms with E-state index < -0.39 is 10.1 Å². The smallest absolute Gasteiger partial charge is 0.294 e. The van der Waals surface area contributed by atoms with Crippen LogP contribution >= 0.6 is 0 Å². The number of benzene rings is 2. The highest BCUT2D eigenvalue weighted by Crippen LogP contribution is 2.20. The van der Waals surface area contributed by atoms with Crippen molar-refractivity contribution in [3.05, 3.63) is 65.7 Å². The van der Waals surface area contributed by atoms with Crippen LogP contribution in [0.3, 0.4) is 0 Å². The van der Waals surface area contributed by atoms with Gasteiger partial charge in [0.15, 0.2) is 0 Å². The topological polar surface area (TPSA) is 54.4 Å². The molecule has 1 N–H and O–H groups in total. The lowest BCUT2D eigenvalue weighted by Gasteiger charge is -2.34. The van der Waals surface area contributed by atoms with Gasteiger partial charge in [0.05, 0.1) is 31.1 Å². The number of hydrogen-bond acceptors (Lipinski definition) is 2. The standard InChI is InChI=1S/C10H14O3S.C10H14.C8H20N.ClH/c1-3-8(2)9-4-6-10(7-5-9)14(11,12)13;1-3-9(2)10-7-5-4-6-8-10;1-5-9(6-2,7-3)8-4;/h4-8H,3H2,1-2H3,(H,11,12,13);4-9H,3H2,1-2H3;5-8H2,1-4H3;1H/q;;+1;/p-1. The van der Waals surface area contributed by atoms with Gasteiger partial charge in [-0.2, -0.15) is 8.42 Å². The molecule has 0 aliphatic rings. The molecule has 0 radical (unpaired) electrons. The Hall–Kier alpha value is -1.40. The second-order valence-electron chi connectivity index (χ2n) is 8.68. The van der Waals surface area contributed by atoms with Crippen LogP contribution in [0.5, 0.6) is 0 Å². The maximum atomic E-state index is 10.7. The first-order valence-corrected chi connectivity index (χ1v) is 13.9. The first-order chi connectivity index (χ1) is 15.5. The second kappa shape index (κ2) is 18.0. The predicted octanol–water partition coefficient (Wildman–Crippen LogP) is 4.53. The lowest BCUT2D eigenvalue weighted by Crippen LogP contribution is -3.00. The summed E-state index contributed by atoms with van der Waals surface area (Å²) in [6.07, 6.45) is 2.23. The summed E-state index contributed by atoms with van der Waals surface area (Å²) in [6, 6.07) is 17.0. The predicted molar refractivity (Wildman–Crippen MR) is 143 cm³/mol. The van der Waals surface area contributed by atoms with E-state index >= 15 is 0 Å². The molecule has 0 amide bonds. The van der Waals surface area contributed by atoms with Crippen LogP contribution in [0.25, 0.3) is 0 Å².